The number of hydrogen-bond acceptors (Lipinski definition) is 3. The maximum absolute atomic E-state index is 12.9. The van der Waals surface area contributed by atoms with Crippen LogP contribution in [0, 0.1) is 17.3 Å². The highest BCUT2D eigenvalue weighted by Crippen LogP contribution is 2.49. The van der Waals surface area contributed by atoms with Crippen LogP contribution >= 0.6 is 0 Å². The first kappa shape index (κ1) is 15.4. The van der Waals surface area contributed by atoms with Crippen molar-refractivity contribution in [3.63, 3.8) is 0 Å². The molecule has 0 radical (unpaired) electrons. The van der Waals surface area contributed by atoms with Crippen LogP contribution in [0.15, 0.2) is 48.6 Å². The molecule has 3 heteroatoms. The Morgan fingerprint density at radius 1 is 1.00 bits per heavy atom. The Hall–Kier alpha value is -2.16. The minimum atomic E-state index is -0.549. The van der Waals surface area contributed by atoms with Gasteiger partial charge in [-0.05, 0) is 23.1 Å². The molecule has 0 saturated heterocycles. The SMILES string of the molecule is CC1(C)CC(=O)C([C@@H]2c3ccccc3O[C@@H]3C=CC=C[C@H]32)C(=O)C1. The number of benzene rings is 1. The molecule has 0 spiro atoms. The molecule has 3 aliphatic rings. The zero-order chi connectivity index (χ0) is 16.9. The molecule has 124 valence electrons. The van der Waals surface area contributed by atoms with Crippen molar-refractivity contribution >= 4 is 11.6 Å². The number of ketones is 2. The fraction of sp³-hybridized carbons (Fsp3) is 0.429. The van der Waals surface area contributed by atoms with Gasteiger partial charge < -0.3 is 4.74 Å². The molecule has 1 heterocycles. The third kappa shape index (κ3) is 2.43. The minimum absolute atomic E-state index is 0.0315. The second-order valence-corrected chi connectivity index (χ2v) is 7.92. The van der Waals surface area contributed by atoms with E-state index >= 15 is 0 Å². The molecule has 1 fully saturated rings. The van der Waals surface area contributed by atoms with Crippen LogP contribution in [0.2, 0.25) is 0 Å². The Kier molecular flexibility index (Phi) is 3.48. The molecule has 0 N–H and O–H groups in total. The van der Waals surface area contributed by atoms with Gasteiger partial charge in [0, 0.05) is 24.7 Å². The maximum Gasteiger partial charge on any atom is 0.144 e. The van der Waals surface area contributed by atoms with E-state index < -0.39 is 5.92 Å². The molecule has 24 heavy (non-hydrogen) atoms. The Bertz CT molecular complexity index is 736. The van der Waals surface area contributed by atoms with Gasteiger partial charge in [-0.1, -0.05) is 50.3 Å². The summed E-state index contributed by atoms with van der Waals surface area (Å²) in [5.41, 5.74) is 0.766. The van der Waals surface area contributed by atoms with Crippen LogP contribution in [0.1, 0.15) is 38.2 Å². The number of allylic oxidation sites excluding steroid dienone is 2. The van der Waals surface area contributed by atoms with Gasteiger partial charge in [0.25, 0.3) is 0 Å². The van der Waals surface area contributed by atoms with Gasteiger partial charge in [0.05, 0.1) is 5.92 Å². The molecule has 1 saturated carbocycles. The Morgan fingerprint density at radius 2 is 1.67 bits per heavy atom. The lowest BCUT2D eigenvalue weighted by atomic mass is 9.62. The standard InChI is InChI=1S/C21H22O3/c1-21(2)11-15(22)20(16(23)12-21)19-13-7-3-5-9-17(13)24-18-10-6-4-8-14(18)19/h3-10,13,17,19-20H,11-12H2,1-2H3/t13-,17-,19+/m1/s1. The first-order valence-electron chi connectivity index (χ1n) is 8.62. The summed E-state index contributed by atoms with van der Waals surface area (Å²) < 4.78 is 6.11. The molecular weight excluding hydrogens is 300 g/mol. The molecule has 0 unspecified atom stereocenters. The van der Waals surface area contributed by atoms with Crippen LogP contribution in [-0.2, 0) is 9.59 Å². The van der Waals surface area contributed by atoms with Crippen molar-refractivity contribution in [3.05, 3.63) is 54.1 Å². The first-order chi connectivity index (χ1) is 11.5. The fourth-order valence-corrected chi connectivity index (χ4v) is 4.47. The van der Waals surface area contributed by atoms with Gasteiger partial charge in [-0.2, -0.15) is 0 Å². The van der Waals surface area contributed by atoms with Crippen LogP contribution in [-0.4, -0.2) is 17.7 Å². The lowest BCUT2D eigenvalue weighted by Crippen LogP contribution is -2.46. The van der Waals surface area contributed by atoms with Gasteiger partial charge in [0.2, 0.25) is 0 Å². The number of para-hydroxylation sites is 1. The van der Waals surface area contributed by atoms with E-state index in [4.69, 9.17) is 4.74 Å². The largest absolute Gasteiger partial charge is 0.485 e. The molecule has 2 aliphatic carbocycles. The van der Waals surface area contributed by atoms with Crippen molar-refractivity contribution in [1.29, 1.82) is 0 Å². The Balaban J connectivity index is 1.80. The Labute approximate surface area is 142 Å². The third-order valence-corrected chi connectivity index (χ3v) is 5.44. The van der Waals surface area contributed by atoms with Gasteiger partial charge in [0.15, 0.2) is 0 Å². The summed E-state index contributed by atoms with van der Waals surface area (Å²) >= 11 is 0. The molecule has 3 nitrogen and oxygen atoms in total. The number of Topliss-reactive ketones (excluding diaryl/α,β-unsaturated/α-hetero) is 2. The molecule has 1 aromatic carbocycles. The third-order valence-electron chi connectivity index (χ3n) is 5.44. The first-order valence-corrected chi connectivity index (χ1v) is 8.62. The summed E-state index contributed by atoms with van der Waals surface area (Å²) in [5, 5.41) is 0. The van der Waals surface area contributed by atoms with Gasteiger partial charge >= 0.3 is 0 Å². The predicted molar refractivity (Wildman–Crippen MR) is 91.9 cm³/mol. The molecule has 0 bridgehead atoms. The van der Waals surface area contributed by atoms with Crippen molar-refractivity contribution in [2.75, 3.05) is 0 Å². The van der Waals surface area contributed by atoms with E-state index in [0.717, 1.165) is 11.3 Å². The van der Waals surface area contributed by atoms with Crippen LogP contribution < -0.4 is 4.74 Å². The van der Waals surface area contributed by atoms with Crippen LogP contribution in [0.3, 0.4) is 0 Å². The second kappa shape index (κ2) is 5.44. The van der Waals surface area contributed by atoms with E-state index in [2.05, 4.69) is 6.08 Å². The number of carbonyl (C=O) groups excluding carboxylic acids is 2. The summed E-state index contributed by atoms with van der Waals surface area (Å²) in [5.74, 6) is 0.321. The average Bonchev–Trinajstić information content (AvgIpc) is 2.52. The zero-order valence-corrected chi connectivity index (χ0v) is 14.1. The van der Waals surface area contributed by atoms with Crippen LogP contribution in [0.25, 0.3) is 0 Å². The summed E-state index contributed by atoms with van der Waals surface area (Å²) in [6.45, 7) is 4.01. The van der Waals surface area contributed by atoms with E-state index in [0.29, 0.717) is 12.8 Å². The number of fused-ring (bicyclic) bond motifs is 2. The predicted octanol–water partition coefficient (Wildman–Crippen LogP) is 3.85. The summed E-state index contributed by atoms with van der Waals surface area (Å²) in [6, 6.07) is 7.83. The van der Waals surface area contributed by atoms with E-state index in [1.165, 1.54) is 0 Å². The monoisotopic (exact) mass is 322 g/mol. The van der Waals surface area contributed by atoms with Crippen molar-refractivity contribution < 1.29 is 14.3 Å². The normalized spacial score (nSPS) is 31.3. The highest BCUT2D eigenvalue weighted by Gasteiger charge is 2.49. The highest BCUT2D eigenvalue weighted by molar-refractivity contribution is 6.06. The van der Waals surface area contributed by atoms with E-state index in [-0.39, 0.29) is 34.9 Å². The molecule has 1 aliphatic heterocycles. The Morgan fingerprint density at radius 3 is 2.42 bits per heavy atom. The number of ether oxygens (including phenoxy) is 1. The lowest BCUT2D eigenvalue weighted by Gasteiger charge is -2.43. The van der Waals surface area contributed by atoms with Crippen LogP contribution in [0.5, 0.6) is 5.75 Å². The molecular formula is C21H22O3. The fourth-order valence-electron chi connectivity index (χ4n) is 4.47. The van der Waals surface area contributed by atoms with Crippen molar-refractivity contribution in [2.24, 2.45) is 17.3 Å². The van der Waals surface area contributed by atoms with Crippen molar-refractivity contribution in [2.45, 2.75) is 38.7 Å². The smallest absolute Gasteiger partial charge is 0.144 e. The maximum atomic E-state index is 12.9. The van der Waals surface area contributed by atoms with Gasteiger partial charge in [-0.25, -0.2) is 0 Å². The molecule has 4 rings (SSSR count). The van der Waals surface area contributed by atoms with Gasteiger partial charge in [-0.15, -0.1) is 0 Å². The summed E-state index contributed by atoms with van der Waals surface area (Å²) in [6.07, 6.45) is 8.92. The van der Waals surface area contributed by atoms with Gasteiger partial charge in [-0.3, -0.25) is 9.59 Å². The van der Waals surface area contributed by atoms with E-state index in [1.54, 1.807) is 0 Å². The zero-order valence-electron chi connectivity index (χ0n) is 14.1. The number of hydrogen-bond donors (Lipinski definition) is 0. The minimum Gasteiger partial charge on any atom is -0.485 e. The van der Waals surface area contributed by atoms with Gasteiger partial charge in [0.1, 0.15) is 23.4 Å². The summed E-state index contributed by atoms with van der Waals surface area (Å²) in [4.78, 5) is 25.8. The second-order valence-electron chi connectivity index (χ2n) is 7.92. The van der Waals surface area contributed by atoms with Crippen molar-refractivity contribution in [3.8, 4) is 5.75 Å². The van der Waals surface area contributed by atoms with Crippen LogP contribution in [0.4, 0.5) is 0 Å². The average molecular weight is 322 g/mol. The number of carbonyl (C=O) groups is 2. The molecule has 0 amide bonds. The lowest BCUT2D eigenvalue weighted by molar-refractivity contribution is -0.141. The summed E-state index contributed by atoms with van der Waals surface area (Å²) in [7, 11) is 0. The number of rotatable bonds is 1. The highest BCUT2D eigenvalue weighted by atomic mass is 16.5. The molecule has 0 aromatic heterocycles. The van der Waals surface area contributed by atoms with E-state index in [9.17, 15) is 9.59 Å². The molecule has 1 aromatic rings. The van der Waals surface area contributed by atoms with E-state index in [1.807, 2.05) is 56.3 Å². The molecule has 3 atom stereocenters. The quantitative estimate of drug-likeness (QED) is 0.738. The topological polar surface area (TPSA) is 43.4 Å². The van der Waals surface area contributed by atoms with Crippen molar-refractivity contribution in [1.82, 2.24) is 0 Å².